The quantitative estimate of drug-likeness (QED) is 0.403. The molecule has 0 aromatic heterocycles. The summed E-state index contributed by atoms with van der Waals surface area (Å²) in [6.07, 6.45) is 9.03. The molecule has 5 aliphatic carbocycles. The number of nitrogens with zero attached hydrogens (tertiary/aromatic N) is 1. The van der Waals surface area contributed by atoms with Gasteiger partial charge in [-0.15, -0.1) is 0 Å². The number of carboxylic acids is 1. The van der Waals surface area contributed by atoms with Crippen LogP contribution in [0.5, 0.6) is 11.5 Å². The Morgan fingerprint density at radius 3 is 2.76 bits per heavy atom. The lowest BCUT2D eigenvalue weighted by molar-refractivity contribution is -0.276. The Kier molecular flexibility index (Phi) is 5.58. The first kappa shape index (κ1) is 24.7. The maximum Gasteiger partial charge on any atom is 0.303 e. The van der Waals surface area contributed by atoms with Crippen molar-refractivity contribution in [2.75, 3.05) is 26.7 Å². The molecule has 2 aliphatic heterocycles. The lowest BCUT2D eigenvalue weighted by atomic mass is 9.35. The van der Waals surface area contributed by atoms with Crippen molar-refractivity contribution in [2.45, 2.75) is 93.8 Å². The van der Waals surface area contributed by atoms with Crippen LogP contribution >= 0.6 is 0 Å². The number of phenolic OH excluding ortho intramolecular Hbond substituents is 1. The van der Waals surface area contributed by atoms with Gasteiger partial charge < -0.3 is 25.0 Å². The van der Waals surface area contributed by atoms with Crippen LogP contribution in [0, 0.1) is 17.3 Å². The van der Waals surface area contributed by atoms with Crippen LogP contribution in [0.25, 0.3) is 0 Å². The first-order valence-corrected chi connectivity index (χ1v) is 14.6. The number of unbranched alkanes of at least 4 members (excludes halogenated alkanes) is 1. The number of carbonyl (C=O) groups is 2. The smallest absolute Gasteiger partial charge is 0.303 e. The second kappa shape index (κ2) is 8.59. The first-order valence-electron chi connectivity index (χ1n) is 14.6. The number of fused-ring (bicyclic) bond motifs is 2. The van der Waals surface area contributed by atoms with Crippen LogP contribution in [0.15, 0.2) is 12.1 Å². The molecular weight excluding hydrogens is 484 g/mol. The van der Waals surface area contributed by atoms with E-state index in [0.717, 1.165) is 44.6 Å². The van der Waals surface area contributed by atoms with Crippen molar-refractivity contribution in [3.05, 3.63) is 23.3 Å². The molecule has 8 heteroatoms. The number of rotatable bonds is 10. The van der Waals surface area contributed by atoms with E-state index in [2.05, 4.69) is 16.3 Å². The van der Waals surface area contributed by atoms with Gasteiger partial charge in [0.25, 0.3) is 0 Å². The maximum absolute atomic E-state index is 12.7. The van der Waals surface area contributed by atoms with Gasteiger partial charge >= 0.3 is 5.97 Å². The zero-order valence-corrected chi connectivity index (χ0v) is 22.3. The van der Waals surface area contributed by atoms with Crippen LogP contribution in [0.2, 0.25) is 0 Å². The second-order valence-corrected chi connectivity index (χ2v) is 12.9. The minimum atomic E-state index is -0.820. The van der Waals surface area contributed by atoms with Crippen LogP contribution in [0.3, 0.4) is 0 Å². The van der Waals surface area contributed by atoms with Gasteiger partial charge in [-0.3, -0.25) is 14.5 Å². The van der Waals surface area contributed by atoms with E-state index in [1.165, 1.54) is 30.5 Å². The van der Waals surface area contributed by atoms with Gasteiger partial charge in [0.2, 0.25) is 5.91 Å². The average Bonchev–Trinajstić information content (AvgIpc) is 3.65. The van der Waals surface area contributed by atoms with Gasteiger partial charge in [0.15, 0.2) is 11.5 Å². The van der Waals surface area contributed by atoms with Crippen LogP contribution in [0.1, 0.15) is 75.3 Å². The Bertz CT molecular complexity index is 1170. The van der Waals surface area contributed by atoms with Gasteiger partial charge in [0.1, 0.15) is 11.7 Å². The fourth-order valence-electron chi connectivity index (χ4n) is 9.68. The number of carboxylic acid groups (broad SMARTS) is 1. The molecule has 8 rings (SSSR count). The molecule has 1 amide bonds. The normalized spacial score (nSPS) is 38.0. The summed E-state index contributed by atoms with van der Waals surface area (Å²) in [6.45, 7) is 2.78. The lowest BCUT2D eigenvalue weighted by Crippen LogP contribution is -2.81. The summed E-state index contributed by atoms with van der Waals surface area (Å²) < 4.78 is 13.3. The molecule has 2 heterocycles. The van der Waals surface area contributed by atoms with Crippen molar-refractivity contribution in [1.29, 1.82) is 0 Å². The molecule has 4 saturated carbocycles. The van der Waals surface area contributed by atoms with Crippen molar-refractivity contribution in [3.8, 4) is 11.5 Å². The third kappa shape index (κ3) is 3.22. The standard InChI is InChI=1S/C30H40N2O6/c1-37-30-11-10-28(15-20(30)16-31-23(34)4-2-3-5-24(35)36)22-14-19-8-9-21(33)26-25(19)29(28,27(30)38-26)12-13-32(22)17-18-6-7-18/h8-9,18,20,22,27,33H,2-7,10-17H2,1H3,(H,31,34)(H,35,36)/t20-,22-,27-,28-,29+,30?/m1/s1. The summed E-state index contributed by atoms with van der Waals surface area (Å²) in [6, 6.07) is 4.38. The third-order valence-corrected chi connectivity index (χ3v) is 11.4. The summed E-state index contributed by atoms with van der Waals surface area (Å²) in [5, 5.41) is 23.0. The molecule has 5 fully saturated rings. The van der Waals surface area contributed by atoms with E-state index in [9.17, 15) is 14.7 Å². The summed E-state index contributed by atoms with van der Waals surface area (Å²) in [4.78, 5) is 26.3. The Morgan fingerprint density at radius 1 is 1.18 bits per heavy atom. The molecule has 3 N–H and O–H groups in total. The number of phenols is 1. The molecule has 2 spiro atoms. The third-order valence-electron chi connectivity index (χ3n) is 11.4. The number of methoxy groups -OCH3 is 1. The zero-order chi connectivity index (χ0) is 26.3. The SMILES string of the molecule is COC12CC[C@@]3(C[C@@H]1CNC(=O)CCCCC(=O)O)[C@H]1Cc4ccc(O)c5c4[C@@]3(CCN1CC1CC1)[C@H]2O5. The first-order chi connectivity index (χ1) is 18.3. The molecule has 8 nitrogen and oxygen atoms in total. The second-order valence-electron chi connectivity index (χ2n) is 12.9. The van der Waals surface area contributed by atoms with E-state index in [4.69, 9.17) is 14.6 Å². The number of hydrogen-bond acceptors (Lipinski definition) is 6. The van der Waals surface area contributed by atoms with Crippen LogP contribution in [0.4, 0.5) is 0 Å². The molecule has 1 aromatic rings. The summed E-state index contributed by atoms with van der Waals surface area (Å²) in [7, 11) is 1.80. The molecule has 6 atom stereocenters. The van der Waals surface area contributed by atoms with E-state index >= 15 is 0 Å². The average molecular weight is 525 g/mol. The molecule has 206 valence electrons. The van der Waals surface area contributed by atoms with E-state index in [-0.39, 0.29) is 40.9 Å². The van der Waals surface area contributed by atoms with Gasteiger partial charge in [-0.2, -0.15) is 0 Å². The minimum absolute atomic E-state index is 0.0231. The van der Waals surface area contributed by atoms with Gasteiger partial charge in [0.05, 0.1) is 0 Å². The highest BCUT2D eigenvalue weighted by molar-refractivity contribution is 5.76. The predicted molar refractivity (Wildman–Crippen MR) is 139 cm³/mol. The van der Waals surface area contributed by atoms with E-state index in [1.54, 1.807) is 7.11 Å². The van der Waals surface area contributed by atoms with Gasteiger partial charge in [-0.25, -0.2) is 0 Å². The monoisotopic (exact) mass is 524 g/mol. The molecule has 1 saturated heterocycles. The van der Waals surface area contributed by atoms with Crippen molar-refractivity contribution in [1.82, 2.24) is 10.2 Å². The number of nitrogens with one attached hydrogen (secondary N) is 1. The summed E-state index contributed by atoms with van der Waals surface area (Å²) >= 11 is 0. The minimum Gasteiger partial charge on any atom is -0.504 e. The topological polar surface area (TPSA) is 108 Å². The van der Waals surface area contributed by atoms with Crippen LogP contribution in [-0.2, 0) is 26.2 Å². The maximum atomic E-state index is 12.7. The highest BCUT2D eigenvalue weighted by Crippen LogP contribution is 2.76. The number of piperidine rings is 1. The largest absolute Gasteiger partial charge is 0.504 e. The number of carbonyl (C=O) groups excluding carboxylic acids is 1. The zero-order valence-electron chi connectivity index (χ0n) is 22.3. The number of benzene rings is 1. The fraction of sp³-hybridized carbons (Fsp3) is 0.733. The Hall–Kier alpha value is -2.32. The predicted octanol–water partition coefficient (Wildman–Crippen LogP) is 3.38. The van der Waals surface area contributed by atoms with Crippen molar-refractivity contribution < 1.29 is 29.3 Å². The number of likely N-dealkylation sites (tertiary alicyclic amines) is 1. The Balaban J connectivity index is 1.22. The summed E-state index contributed by atoms with van der Waals surface area (Å²) in [5.41, 5.74) is 1.94. The van der Waals surface area contributed by atoms with E-state index in [0.29, 0.717) is 37.6 Å². The van der Waals surface area contributed by atoms with Crippen LogP contribution in [-0.4, -0.2) is 71.5 Å². The Morgan fingerprint density at radius 2 is 2.00 bits per heavy atom. The molecule has 1 aromatic carbocycles. The number of amides is 1. The fourth-order valence-corrected chi connectivity index (χ4v) is 9.68. The van der Waals surface area contributed by atoms with Crippen molar-refractivity contribution in [3.63, 3.8) is 0 Å². The highest BCUT2D eigenvalue weighted by atomic mass is 16.6. The number of aliphatic carboxylic acids is 1. The lowest BCUT2D eigenvalue weighted by Gasteiger charge is -2.74. The van der Waals surface area contributed by atoms with Crippen molar-refractivity contribution in [2.24, 2.45) is 17.3 Å². The highest BCUT2D eigenvalue weighted by Gasteiger charge is 2.80. The molecule has 4 bridgehead atoms. The van der Waals surface area contributed by atoms with E-state index in [1.807, 2.05) is 6.07 Å². The summed E-state index contributed by atoms with van der Waals surface area (Å²) in [5.74, 6) is 1.01. The Labute approximate surface area is 224 Å². The number of ether oxygens (including phenoxy) is 2. The van der Waals surface area contributed by atoms with Gasteiger partial charge in [0, 0.05) is 61.4 Å². The van der Waals surface area contributed by atoms with Gasteiger partial charge in [-0.05, 0) is 81.9 Å². The molecular formula is C30H40N2O6. The van der Waals surface area contributed by atoms with Crippen molar-refractivity contribution >= 4 is 11.9 Å². The molecule has 0 radical (unpaired) electrons. The molecule has 1 unspecified atom stereocenters. The van der Waals surface area contributed by atoms with E-state index < -0.39 is 11.6 Å². The number of hydrogen-bond donors (Lipinski definition) is 3. The van der Waals surface area contributed by atoms with Crippen LogP contribution < -0.4 is 10.1 Å². The molecule has 38 heavy (non-hydrogen) atoms. The molecule has 7 aliphatic rings. The number of aromatic hydroxyl groups is 1. The van der Waals surface area contributed by atoms with Gasteiger partial charge in [-0.1, -0.05) is 6.07 Å².